The molecule has 1 atom stereocenters. The van der Waals surface area contributed by atoms with Gasteiger partial charge in [0.15, 0.2) is 5.82 Å². The molecule has 2 aromatic heterocycles. The summed E-state index contributed by atoms with van der Waals surface area (Å²) in [5.41, 5.74) is 2.24. The molecule has 1 aliphatic heterocycles. The van der Waals surface area contributed by atoms with Gasteiger partial charge in [0, 0.05) is 48.8 Å². The van der Waals surface area contributed by atoms with Crippen LogP contribution >= 0.6 is 0 Å². The highest BCUT2D eigenvalue weighted by atomic mass is 15.2. The van der Waals surface area contributed by atoms with Gasteiger partial charge in [-0.3, -0.25) is 0 Å². The van der Waals surface area contributed by atoms with Crippen molar-refractivity contribution in [1.29, 1.82) is 0 Å². The largest absolute Gasteiger partial charge is 0.368 e. The van der Waals surface area contributed by atoms with Crippen LogP contribution in [-0.4, -0.2) is 45.3 Å². The number of aromatic nitrogens is 3. The lowest BCUT2D eigenvalue weighted by atomic mass is 10.0. The van der Waals surface area contributed by atoms with E-state index in [-0.39, 0.29) is 0 Å². The van der Waals surface area contributed by atoms with E-state index in [0.717, 1.165) is 30.5 Å². The molecule has 1 saturated heterocycles. The first-order valence-electron chi connectivity index (χ1n) is 8.84. The van der Waals surface area contributed by atoms with Gasteiger partial charge in [-0.2, -0.15) is 5.10 Å². The van der Waals surface area contributed by atoms with Crippen molar-refractivity contribution in [2.24, 2.45) is 7.05 Å². The highest BCUT2D eigenvalue weighted by molar-refractivity contribution is 5.95. The molecule has 1 aliphatic rings. The van der Waals surface area contributed by atoms with Crippen LogP contribution in [-0.2, 0) is 7.05 Å². The Balaban J connectivity index is 1.62. The number of piperidine rings is 1. The maximum absolute atomic E-state index is 4.39. The molecule has 1 fully saturated rings. The van der Waals surface area contributed by atoms with Gasteiger partial charge in [-0.1, -0.05) is 6.42 Å². The molecule has 0 saturated carbocycles. The van der Waals surface area contributed by atoms with E-state index < -0.39 is 0 Å². The number of nitrogens with one attached hydrogen (secondary N) is 1. The first-order valence-corrected chi connectivity index (χ1v) is 8.84. The Bertz CT molecular complexity index is 676. The Kier molecular flexibility index (Phi) is 4.85. The number of fused-ring (bicyclic) bond motifs is 1. The van der Waals surface area contributed by atoms with Crippen molar-refractivity contribution in [2.75, 3.05) is 25.0 Å². The fourth-order valence-corrected chi connectivity index (χ4v) is 3.63. The molecule has 23 heavy (non-hydrogen) atoms. The minimum atomic E-state index is 0.742. The third kappa shape index (κ3) is 3.34. The molecular weight excluding hydrogens is 286 g/mol. The van der Waals surface area contributed by atoms with Crippen molar-refractivity contribution < 1.29 is 0 Å². The van der Waals surface area contributed by atoms with E-state index in [9.17, 15) is 0 Å². The molecule has 0 aromatic carbocycles. The van der Waals surface area contributed by atoms with Crippen molar-refractivity contribution >= 4 is 16.6 Å². The van der Waals surface area contributed by atoms with Crippen molar-refractivity contribution in [2.45, 2.75) is 52.5 Å². The second-order valence-electron chi connectivity index (χ2n) is 6.91. The van der Waals surface area contributed by atoms with Gasteiger partial charge in [0.05, 0.1) is 5.69 Å². The number of hydrogen-bond donors (Lipinski definition) is 1. The Morgan fingerprint density at radius 1 is 1.26 bits per heavy atom. The van der Waals surface area contributed by atoms with E-state index in [1.807, 2.05) is 6.92 Å². The lowest BCUT2D eigenvalue weighted by Crippen LogP contribution is -2.38. The minimum Gasteiger partial charge on any atom is -0.368 e. The molecule has 0 aliphatic carbocycles. The predicted molar refractivity (Wildman–Crippen MR) is 96.0 cm³/mol. The fraction of sp³-hybridized carbons (Fsp3) is 0.667. The normalized spacial score (nSPS) is 19.4. The Hall–Kier alpha value is -1.62. The van der Waals surface area contributed by atoms with Crippen molar-refractivity contribution in [3.63, 3.8) is 0 Å². The highest BCUT2D eigenvalue weighted by Crippen LogP contribution is 2.27. The van der Waals surface area contributed by atoms with Crippen LogP contribution in [0.4, 0.5) is 5.82 Å². The van der Waals surface area contributed by atoms with Crippen molar-refractivity contribution in [1.82, 2.24) is 19.7 Å². The van der Waals surface area contributed by atoms with E-state index in [1.54, 1.807) is 0 Å². The Morgan fingerprint density at radius 2 is 2.09 bits per heavy atom. The van der Waals surface area contributed by atoms with Crippen molar-refractivity contribution in [3.8, 4) is 0 Å². The summed E-state index contributed by atoms with van der Waals surface area (Å²) in [6, 6.07) is 0.742. The number of hydrogen-bond acceptors (Lipinski definition) is 4. The maximum atomic E-state index is 4.39. The highest BCUT2D eigenvalue weighted by Gasteiger charge is 2.17. The number of rotatable bonds is 5. The van der Waals surface area contributed by atoms with Crippen LogP contribution in [0.2, 0.25) is 0 Å². The van der Waals surface area contributed by atoms with E-state index >= 15 is 0 Å². The summed E-state index contributed by atoms with van der Waals surface area (Å²) in [5, 5.41) is 14.6. The summed E-state index contributed by atoms with van der Waals surface area (Å²) in [4.78, 5) is 2.62. The van der Waals surface area contributed by atoms with Crippen LogP contribution < -0.4 is 5.32 Å². The summed E-state index contributed by atoms with van der Waals surface area (Å²) in [7, 11) is 2.08. The second-order valence-corrected chi connectivity index (χ2v) is 6.91. The molecule has 1 N–H and O–H groups in total. The average Bonchev–Trinajstić information content (AvgIpc) is 2.84. The maximum Gasteiger partial charge on any atom is 0.158 e. The quantitative estimate of drug-likeness (QED) is 0.860. The second kappa shape index (κ2) is 6.87. The van der Waals surface area contributed by atoms with Crippen LogP contribution in [0.15, 0.2) is 6.20 Å². The number of nitrogens with zero attached hydrogens (tertiary/aromatic N) is 4. The molecule has 3 rings (SSSR count). The molecule has 5 nitrogen and oxygen atoms in total. The molecule has 0 radical (unpaired) electrons. The standard InChI is InChI=1S/C18H29N5/c1-13-8-5-6-10-23(13)11-7-9-19-18-17-15(3)22(4)12-16(17)14(2)20-21-18/h12-13H,5-11H2,1-4H3,(H,19,21). The number of aryl methyl sites for hydroxylation is 3. The van der Waals surface area contributed by atoms with Crippen LogP contribution in [0, 0.1) is 13.8 Å². The van der Waals surface area contributed by atoms with Crippen molar-refractivity contribution in [3.05, 3.63) is 17.6 Å². The minimum absolute atomic E-state index is 0.742. The van der Waals surface area contributed by atoms with Gasteiger partial charge >= 0.3 is 0 Å². The molecule has 0 bridgehead atoms. The smallest absolute Gasteiger partial charge is 0.158 e. The van der Waals surface area contributed by atoms with E-state index in [1.165, 1.54) is 48.8 Å². The molecule has 0 spiro atoms. The van der Waals surface area contributed by atoms with Crippen LogP contribution in [0.3, 0.4) is 0 Å². The number of anilines is 1. The molecule has 2 aromatic rings. The third-order valence-corrected chi connectivity index (χ3v) is 5.26. The van der Waals surface area contributed by atoms with E-state index in [2.05, 4.69) is 52.1 Å². The van der Waals surface area contributed by atoms with E-state index in [4.69, 9.17) is 0 Å². The van der Waals surface area contributed by atoms with E-state index in [0.29, 0.717) is 0 Å². The third-order valence-electron chi connectivity index (χ3n) is 5.26. The van der Waals surface area contributed by atoms with Crippen LogP contribution in [0.25, 0.3) is 10.8 Å². The lowest BCUT2D eigenvalue weighted by Gasteiger charge is -2.33. The molecule has 0 amide bonds. The van der Waals surface area contributed by atoms with Gasteiger partial charge in [-0.15, -0.1) is 5.10 Å². The topological polar surface area (TPSA) is 46.0 Å². The summed E-state index contributed by atoms with van der Waals surface area (Å²) >= 11 is 0. The molecule has 1 unspecified atom stereocenters. The Morgan fingerprint density at radius 3 is 2.87 bits per heavy atom. The van der Waals surface area contributed by atoms with Crippen LogP contribution in [0.1, 0.15) is 44.0 Å². The SMILES string of the molecule is Cc1nnc(NCCCN2CCCCC2C)c2c(C)n(C)cc12. The first kappa shape index (κ1) is 16.2. The number of likely N-dealkylation sites (tertiary alicyclic amines) is 1. The monoisotopic (exact) mass is 315 g/mol. The molecule has 3 heterocycles. The zero-order valence-corrected chi connectivity index (χ0v) is 14.9. The molecule has 5 heteroatoms. The summed E-state index contributed by atoms with van der Waals surface area (Å²) in [5.74, 6) is 0.926. The van der Waals surface area contributed by atoms with Gasteiger partial charge in [0.25, 0.3) is 0 Å². The average molecular weight is 315 g/mol. The molecule has 126 valence electrons. The predicted octanol–water partition coefficient (Wildman–Crippen LogP) is 3.26. The molecular formula is C18H29N5. The van der Waals surface area contributed by atoms with Gasteiger partial charge < -0.3 is 14.8 Å². The van der Waals surface area contributed by atoms with Gasteiger partial charge in [0.1, 0.15) is 0 Å². The Labute approximate surface area is 139 Å². The summed E-state index contributed by atoms with van der Waals surface area (Å²) < 4.78 is 2.15. The van der Waals surface area contributed by atoms with Gasteiger partial charge in [-0.05, 0) is 46.6 Å². The van der Waals surface area contributed by atoms with Crippen LogP contribution in [0.5, 0.6) is 0 Å². The summed E-state index contributed by atoms with van der Waals surface area (Å²) in [6.07, 6.45) is 7.38. The lowest BCUT2D eigenvalue weighted by molar-refractivity contribution is 0.160. The summed E-state index contributed by atoms with van der Waals surface area (Å²) in [6.45, 7) is 9.90. The first-order chi connectivity index (χ1) is 11.1. The fourth-order valence-electron chi connectivity index (χ4n) is 3.63. The van der Waals surface area contributed by atoms with Gasteiger partial charge in [0.2, 0.25) is 0 Å². The zero-order valence-electron chi connectivity index (χ0n) is 14.9. The zero-order chi connectivity index (χ0) is 16.4. The van der Waals surface area contributed by atoms with Gasteiger partial charge in [-0.25, -0.2) is 0 Å².